The number of hydrogen-bond donors (Lipinski definition) is 2. The molecule has 0 saturated carbocycles. The number of carbonyl (C=O) groups excluding carboxylic acids is 1. The van der Waals surface area contributed by atoms with Gasteiger partial charge in [-0.05, 0) is 24.6 Å². The van der Waals surface area contributed by atoms with Gasteiger partial charge in [-0.15, -0.1) is 11.3 Å². The standard InChI is InChI=1S/C15H18N2O3S/c1-10-17-12(9-21-10)7-15(19)16-8-14(18)11-4-3-5-13(6-11)20-2/h3-6,9,14,18H,7-8H2,1-2H3,(H,16,19)/t14-/m1/s1. The Morgan fingerprint density at radius 3 is 3.00 bits per heavy atom. The van der Waals surface area contributed by atoms with Crippen LogP contribution in [0.15, 0.2) is 29.6 Å². The first-order valence-corrected chi connectivity index (χ1v) is 7.46. The number of methoxy groups -OCH3 is 1. The van der Waals surface area contributed by atoms with Gasteiger partial charge in [0.2, 0.25) is 5.91 Å². The number of amides is 1. The van der Waals surface area contributed by atoms with Crippen LogP contribution >= 0.6 is 11.3 Å². The van der Waals surface area contributed by atoms with Gasteiger partial charge in [0.1, 0.15) is 5.75 Å². The van der Waals surface area contributed by atoms with Gasteiger partial charge in [0.15, 0.2) is 0 Å². The van der Waals surface area contributed by atoms with Crippen molar-refractivity contribution in [3.63, 3.8) is 0 Å². The van der Waals surface area contributed by atoms with Crippen molar-refractivity contribution in [2.45, 2.75) is 19.4 Å². The summed E-state index contributed by atoms with van der Waals surface area (Å²) in [7, 11) is 1.57. The van der Waals surface area contributed by atoms with E-state index in [4.69, 9.17) is 4.74 Å². The smallest absolute Gasteiger partial charge is 0.226 e. The highest BCUT2D eigenvalue weighted by Crippen LogP contribution is 2.18. The highest BCUT2D eigenvalue weighted by molar-refractivity contribution is 7.09. The number of aliphatic hydroxyl groups is 1. The third-order valence-corrected chi connectivity index (χ3v) is 3.80. The Kier molecular flexibility index (Phi) is 5.30. The molecular formula is C15H18N2O3S. The maximum absolute atomic E-state index is 11.8. The first-order chi connectivity index (χ1) is 10.1. The highest BCUT2D eigenvalue weighted by Gasteiger charge is 2.11. The Hall–Kier alpha value is -1.92. The summed E-state index contributed by atoms with van der Waals surface area (Å²) < 4.78 is 5.11. The van der Waals surface area contributed by atoms with E-state index in [1.165, 1.54) is 11.3 Å². The van der Waals surface area contributed by atoms with Crippen molar-refractivity contribution in [3.8, 4) is 5.75 Å². The van der Waals surface area contributed by atoms with E-state index in [2.05, 4.69) is 10.3 Å². The Bertz CT molecular complexity index is 612. The maximum Gasteiger partial charge on any atom is 0.226 e. The number of aryl methyl sites for hydroxylation is 1. The molecular weight excluding hydrogens is 288 g/mol. The second-order valence-electron chi connectivity index (χ2n) is 4.63. The van der Waals surface area contributed by atoms with E-state index in [1.807, 2.05) is 12.3 Å². The van der Waals surface area contributed by atoms with E-state index < -0.39 is 6.10 Å². The van der Waals surface area contributed by atoms with E-state index in [1.54, 1.807) is 31.4 Å². The molecule has 2 rings (SSSR count). The summed E-state index contributed by atoms with van der Waals surface area (Å²) in [5, 5.41) is 15.6. The monoisotopic (exact) mass is 306 g/mol. The molecule has 0 aliphatic heterocycles. The molecule has 1 amide bonds. The van der Waals surface area contributed by atoms with Crippen LogP contribution in [0, 0.1) is 6.92 Å². The first-order valence-electron chi connectivity index (χ1n) is 6.58. The van der Waals surface area contributed by atoms with Crippen LogP contribution in [-0.2, 0) is 11.2 Å². The van der Waals surface area contributed by atoms with Gasteiger partial charge in [-0.1, -0.05) is 12.1 Å². The minimum absolute atomic E-state index is 0.151. The molecule has 2 N–H and O–H groups in total. The molecule has 0 spiro atoms. The van der Waals surface area contributed by atoms with Gasteiger partial charge in [-0.3, -0.25) is 4.79 Å². The predicted molar refractivity (Wildman–Crippen MR) is 81.5 cm³/mol. The Balaban J connectivity index is 1.85. The summed E-state index contributed by atoms with van der Waals surface area (Å²) in [5.74, 6) is 0.526. The summed E-state index contributed by atoms with van der Waals surface area (Å²) in [6.07, 6.45) is -0.531. The summed E-state index contributed by atoms with van der Waals surface area (Å²) >= 11 is 1.52. The average molecular weight is 306 g/mol. The van der Waals surface area contributed by atoms with Crippen molar-refractivity contribution in [2.24, 2.45) is 0 Å². The van der Waals surface area contributed by atoms with Gasteiger partial charge in [0.25, 0.3) is 0 Å². The number of nitrogens with one attached hydrogen (secondary N) is 1. The molecule has 0 saturated heterocycles. The van der Waals surface area contributed by atoms with Crippen LogP contribution in [0.4, 0.5) is 0 Å². The third kappa shape index (κ3) is 4.54. The van der Waals surface area contributed by atoms with Crippen LogP contribution in [0.5, 0.6) is 5.75 Å². The van der Waals surface area contributed by atoms with Gasteiger partial charge in [0.05, 0.1) is 30.3 Å². The number of nitrogens with zero attached hydrogens (tertiary/aromatic N) is 1. The number of aromatic nitrogens is 1. The fraction of sp³-hybridized carbons (Fsp3) is 0.333. The van der Waals surface area contributed by atoms with Gasteiger partial charge < -0.3 is 15.2 Å². The lowest BCUT2D eigenvalue weighted by molar-refractivity contribution is -0.120. The second kappa shape index (κ2) is 7.19. The Morgan fingerprint density at radius 1 is 1.52 bits per heavy atom. The van der Waals surface area contributed by atoms with Crippen LogP contribution < -0.4 is 10.1 Å². The van der Waals surface area contributed by atoms with Crippen molar-refractivity contribution in [1.29, 1.82) is 0 Å². The summed E-state index contributed by atoms with van der Waals surface area (Å²) in [4.78, 5) is 16.0. The Labute approximate surface area is 127 Å². The van der Waals surface area contributed by atoms with Crippen LogP contribution in [0.25, 0.3) is 0 Å². The van der Waals surface area contributed by atoms with Crippen LogP contribution in [-0.4, -0.2) is 29.7 Å². The molecule has 0 radical (unpaired) electrons. The fourth-order valence-corrected chi connectivity index (χ4v) is 2.51. The Morgan fingerprint density at radius 2 is 2.33 bits per heavy atom. The maximum atomic E-state index is 11.8. The van der Waals surface area contributed by atoms with Crippen molar-refractivity contribution in [3.05, 3.63) is 45.9 Å². The van der Waals surface area contributed by atoms with Crippen molar-refractivity contribution < 1.29 is 14.6 Å². The highest BCUT2D eigenvalue weighted by atomic mass is 32.1. The molecule has 112 valence electrons. The molecule has 0 aliphatic carbocycles. The van der Waals surface area contributed by atoms with E-state index in [0.717, 1.165) is 10.7 Å². The van der Waals surface area contributed by atoms with Crippen LogP contribution in [0.1, 0.15) is 22.4 Å². The van der Waals surface area contributed by atoms with Gasteiger partial charge in [0, 0.05) is 11.9 Å². The third-order valence-electron chi connectivity index (χ3n) is 2.98. The minimum Gasteiger partial charge on any atom is -0.497 e. The molecule has 6 heteroatoms. The summed E-state index contributed by atoms with van der Waals surface area (Å²) in [6.45, 7) is 2.06. The normalized spacial score (nSPS) is 12.0. The van der Waals surface area contributed by atoms with Gasteiger partial charge >= 0.3 is 0 Å². The molecule has 2 aromatic rings. The second-order valence-corrected chi connectivity index (χ2v) is 5.69. The summed E-state index contributed by atoms with van der Waals surface area (Å²) in [5.41, 5.74) is 1.46. The number of rotatable bonds is 6. The van der Waals surface area contributed by atoms with E-state index in [0.29, 0.717) is 11.3 Å². The molecule has 0 fully saturated rings. The molecule has 0 aliphatic rings. The number of ether oxygens (including phenoxy) is 1. The number of carbonyl (C=O) groups is 1. The van der Waals surface area contributed by atoms with E-state index in [-0.39, 0.29) is 18.9 Å². The lowest BCUT2D eigenvalue weighted by Gasteiger charge is -2.13. The van der Waals surface area contributed by atoms with E-state index >= 15 is 0 Å². The summed E-state index contributed by atoms with van der Waals surface area (Å²) in [6, 6.07) is 7.15. The zero-order valence-electron chi connectivity index (χ0n) is 12.0. The van der Waals surface area contributed by atoms with Crippen molar-refractivity contribution >= 4 is 17.2 Å². The van der Waals surface area contributed by atoms with Crippen LogP contribution in [0.2, 0.25) is 0 Å². The molecule has 0 unspecified atom stereocenters. The molecule has 5 nitrogen and oxygen atoms in total. The zero-order chi connectivity index (χ0) is 15.2. The fourth-order valence-electron chi connectivity index (χ4n) is 1.89. The molecule has 21 heavy (non-hydrogen) atoms. The topological polar surface area (TPSA) is 71.5 Å². The van der Waals surface area contributed by atoms with E-state index in [9.17, 15) is 9.90 Å². The molecule has 1 aromatic heterocycles. The average Bonchev–Trinajstić information content (AvgIpc) is 2.90. The SMILES string of the molecule is COc1cccc([C@H](O)CNC(=O)Cc2csc(C)n2)c1. The number of benzene rings is 1. The quantitative estimate of drug-likeness (QED) is 0.854. The lowest BCUT2D eigenvalue weighted by Crippen LogP contribution is -2.29. The molecule has 1 atom stereocenters. The lowest BCUT2D eigenvalue weighted by atomic mass is 10.1. The number of thiazole rings is 1. The number of hydrogen-bond acceptors (Lipinski definition) is 5. The zero-order valence-corrected chi connectivity index (χ0v) is 12.8. The van der Waals surface area contributed by atoms with Gasteiger partial charge in [-0.25, -0.2) is 4.98 Å². The van der Waals surface area contributed by atoms with Gasteiger partial charge in [-0.2, -0.15) is 0 Å². The molecule has 1 aromatic carbocycles. The number of aliphatic hydroxyl groups excluding tert-OH is 1. The first kappa shape index (κ1) is 15.5. The van der Waals surface area contributed by atoms with Crippen molar-refractivity contribution in [1.82, 2.24) is 10.3 Å². The molecule has 0 bridgehead atoms. The van der Waals surface area contributed by atoms with Crippen molar-refractivity contribution in [2.75, 3.05) is 13.7 Å². The largest absolute Gasteiger partial charge is 0.497 e. The van der Waals surface area contributed by atoms with Crippen LogP contribution in [0.3, 0.4) is 0 Å². The molecule has 1 heterocycles. The minimum atomic E-state index is -0.763. The predicted octanol–water partition coefficient (Wildman–Crippen LogP) is 1.85.